The number of pyridine rings is 1. The van der Waals surface area contributed by atoms with Gasteiger partial charge < -0.3 is 9.72 Å². The molecule has 2 aromatic heterocycles. The van der Waals surface area contributed by atoms with Gasteiger partial charge in [0.2, 0.25) is 0 Å². The molecule has 5 nitrogen and oxygen atoms in total. The minimum Gasteiger partial charge on any atom is -0.444 e. The van der Waals surface area contributed by atoms with E-state index < -0.39 is 11.7 Å². The third kappa shape index (κ3) is 2.92. The molecule has 0 unspecified atom stereocenters. The third-order valence-electron chi connectivity index (χ3n) is 2.12. The lowest BCUT2D eigenvalue weighted by molar-refractivity contribution is 0.0636. The Hall–Kier alpha value is -1.75. The monoisotopic (exact) mass is 267 g/mol. The molecule has 2 heterocycles. The van der Waals surface area contributed by atoms with Crippen molar-refractivity contribution in [1.82, 2.24) is 9.97 Å². The van der Waals surface area contributed by atoms with E-state index in [2.05, 4.69) is 15.3 Å². The molecular formula is C12H14ClN3O2. The lowest BCUT2D eigenvalue weighted by Gasteiger charge is -2.19. The van der Waals surface area contributed by atoms with Gasteiger partial charge in [-0.2, -0.15) is 0 Å². The molecule has 0 aliphatic carbocycles. The summed E-state index contributed by atoms with van der Waals surface area (Å²) in [6.45, 7) is 5.41. The van der Waals surface area contributed by atoms with Crippen molar-refractivity contribution < 1.29 is 9.53 Å². The van der Waals surface area contributed by atoms with Crippen LogP contribution in [0.4, 0.5) is 10.5 Å². The van der Waals surface area contributed by atoms with Crippen molar-refractivity contribution in [2.45, 2.75) is 26.4 Å². The van der Waals surface area contributed by atoms with E-state index >= 15 is 0 Å². The first-order chi connectivity index (χ1) is 8.35. The van der Waals surface area contributed by atoms with Crippen LogP contribution < -0.4 is 5.32 Å². The molecule has 0 atom stereocenters. The first kappa shape index (κ1) is 12.7. The van der Waals surface area contributed by atoms with Gasteiger partial charge in [-0.25, -0.2) is 9.78 Å². The Bertz CT molecular complexity index is 587. The number of aromatic nitrogens is 2. The van der Waals surface area contributed by atoms with Crippen LogP contribution in [-0.4, -0.2) is 21.7 Å². The zero-order valence-electron chi connectivity index (χ0n) is 10.4. The second kappa shape index (κ2) is 4.49. The highest BCUT2D eigenvalue weighted by atomic mass is 35.5. The molecule has 2 N–H and O–H groups in total. The fraction of sp³-hybridized carbons (Fsp3) is 0.333. The average Bonchev–Trinajstić information content (AvgIpc) is 2.58. The standard InChI is InChI=1S/C12H14ClN3O2/c1-12(2,3)18-11(17)15-8-6-14-7-4-5-9(13)16-10(7)8/h4-6,14H,1-3H3,(H,15,17). The maximum atomic E-state index is 11.6. The number of rotatable bonds is 1. The Morgan fingerprint density at radius 1 is 1.44 bits per heavy atom. The zero-order valence-corrected chi connectivity index (χ0v) is 11.1. The number of ether oxygens (including phenoxy) is 1. The van der Waals surface area contributed by atoms with Crippen molar-refractivity contribution in [3.63, 3.8) is 0 Å². The highest BCUT2D eigenvalue weighted by Gasteiger charge is 2.17. The van der Waals surface area contributed by atoms with Crippen molar-refractivity contribution >= 4 is 34.4 Å². The van der Waals surface area contributed by atoms with Crippen LogP contribution in [0, 0.1) is 0 Å². The van der Waals surface area contributed by atoms with Gasteiger partial charge in [0.05, 0.1) is 11.2 Å². The van der Waals surface area contributed by atoms with Crippen LogP contribution in [-0.2, 0) is 4.74 Å². The zero-order chi connectivity index (χ0) is 13.3. The molecule has 0 spiro atoms. The number of H-pyrrole nitrogens is 1. The van der Waals surface area contributed by atoms with Crippen LogP contribution in [0.3, 0.4) is 0 Å². The number of hydrogen-bond acceptors (Lipinski definition) is 3. The Kier molecular flexibility index (Phi) is 3.17. The quantitative estimate of drug-likeness (QED) is 0.776. The summed E-state index contributed by atoms with van der Waals surface area (Å²) in [6, 6.07) is 3.47. The number of carbonyl (C=O) groups is 1. The third-order valence-corrected chi connectivity index (χ3v) is 2.33. The smallest absolute Gasteiger partial charge is 0.412 e. The molecule has 6 heteroatoms. The summed E-state index contributed by atoms with van der Waals surface area (Å²) in [6.07, 6.45) is 1.13. The molecule has 0 saturated heterocycles. The van der Waals surface area contributed by atoms with Crippen molar-refractivity contribution in [2.75, 3.05) is 5.32 Å². The van der Waals surface area contributed by atoms with Crippen molar-refractivity contribution in [3.05, 3.63) is 23.5 Å². The predicted octanol–water partition coefficient (Wildman–Crippen LogP) is 3.56. The summed E-state index contributed by atoms with van der Waals surface area (Å²) in [5.41, 5.74) is 1.40. The van der Waals surface area contributed by atoms with E-state index in [0.717, 1.165) is 5.52 Å². The molecule has 0 bridgehead atoms. The first-order valence-corrected chi connectivity index (χ1v) is 5.86. The Labute approximate surface area is 109 Å². The van der Waals surface area contributed by atoms with E-state index in [-0.39, 0.29) is 0 Å². The molecule has 0 aliphatic heterocycles. The second-order valence-corrected chi connectivity index (χ2v) is 5.25. The van der Waals surface area contributed by atoms with E-state index in [1.54, 1.807) is 39.1 Å². The molecule has 0 radical (unpaired) electrons. The van der Waals surface area contributed by atoms with Gasteiger partial charge in [-0.1, -0.05) is 11.6 Å². The summed E-state index contributed by atoms with van der Waals surface area (Å²) in [7, 11) is 0. The lowest BCUT2D eigenvalue weighted by Crippen LogP contribution is -2.27. The van der Waals surface area contributed by atoms with E-state index in [0.29, 0.717) is 16.4 Å². The predicted molar refractivity (Wildman–Crippen MR) is 71.0 cm³/mol. The number of halogens is 1. The van der Waals surface area contributed by atoms with E-state index in [9.17, 15) is 4.79 Å². The van der Waals surface area contributed by atoms with Gasteiger partial charge in [0.25, 0.3) is 0 Å². The van der Waals surface area contributed by atoms with Crippen molar-refractivity contribution in [2.24, 2.45) is 0 Å². The maximum absolute atomic E-state index is 11.6. The Morgan fingerprint density at radius 2 is 2.17 bits per heavy atom. The average molecular weight is 268 g/mol. The van der Waals surface area contributed by atoms with Crippen LogP contribution >= 0.6 is 11.6 Å². The number of aromatic amines is 1. The van der Waals surface area contributed by atoms with Gasteiger partial charge in [-0.15, -0.1) is 0 Å². The van der Waals surface area contributed by atoms with Gasteiger partial charge in [0.1, 0.15) is 16.3 Å². The molecule has 0 fully saturated rings. The van der Waals surface area contributed by atoms with Crippen LogP contribution in [0.2, 0.25) is 5.15 Å². The van der Waals surface area contributed by atoms with E-state index in [4.69, 9.17) is 16.3 Å². The van der Waals surface area contributed by atoms with Gasteiger partial charge in [0, 0.05) is 6.20 Å². The molecular weight excluding hydrogens is 254 g/mol. The number of anilines is 1. The van der Waals surface area contributed by atoms with Crippen LogP contribution in [0.15, 0.2) is 18.3 Å². The Balaban J connectivity index is 2.22. The molecule has 2 aromatic rings. The number of hydrogen-bond donors (Lipinski definition) is 2. The normalized spacial score (nSPS) is 11.6. The number of fused-ring (bicyclic) bond motifs is 1. The molecule has 0 aliphatic rings. The molecule has 1 amide bonds. The van der Waals surface area contributed by atoms with E-state index in [1.807, 2.05) is 0 Å². The highest BCUT2D eigenvalue weighted by Crippen LogP contribution is 2.23. The summed E-state index contributed by atoms with van der Waals surface area (Å²) < 4.78 is 5.17. The fourth-order valence-electron chi connectivity index (χ4n) is 1.48. The summed E-state index contributed by atoms with van der Waals surface area (Å²) in [5.74, 6) is 0. The van der Waals surface area contributed by atoms with Crippen LogP contribution in [0.1, 0.15) is 20.8 Å². The van der Waals surface area contributed by atoms with Gasteiger partial charge in [-0.05, 0) is 32.9 Å². The largest absolute Gasteiger partial charge is 0.444 e. The minimum atomic E-state index is -0.540. The van der Waals surface area contributed by atoms with Crippen molar-refractivity contribution in [3.8, 4) is 0 Å². The van der Waals surface area contributed by atoms with Gasteiger partial charge in [-0.3, -0.25) is 5.32 Å². The topological polar surface area (TPSA) is 67.0 Å². The summed E-state index contributed by atoms with van der Waals surface area (Å²) in [5, 5.41) is 3.00. The molecule has 2 rings (SSSR count). The summed E-state index contributed by atoms with van der Waals surface area (Å²) >= 11 is 5.82. The minimum absolute atomic E-state index is 0.370. The number of nitrogens with one attached hydrogen (secondary N) is 2. The van der Waals surface area contributed by atoms with Crippen LogP contribution in [0.5, 0.6) is 0 Å². The molecule has 18 heavy (non-hydrogen) atoms. The van der Waals surface area contributed by atoms with Crippen LogP contribution in [0.25, 0.3) is 11.0 Å². The number of carbonyl (C=O) groups excluding carboxylic acids is 1. The SMILES string of the molecule is CC(C)(C)OC(=O)Nc1c[nH]c2ccc(Cl)nc12. The summed E-state index contributed by atoms with van der Waals surface area (Å²) in [4.78, 5) is 18.8. The van der Waals surface area contributed by atoms with Gasteiger partial charge >= 0.3 is 6.09 Å². The lowest BCUT2D eigenvalue weighted by atomic mass is 10.2. The van der Waals surface area contributed by atoms with Crippen molar-refractivity contribution in [1.29, 1.82) is 0 Å². The van der Waals surface area contributed by atoms with Gasteiger partial charge in [0.15, 0.2) is 0 Å². The number of nitrogens with zero attached hydrogens (tertiary/aromatic N) is 1. The molecule has 0 aromatic carbocycles. The molecule has 96 valence electrons. The second-order valence-electron chi connectivity index (χ2n) is 4.86. The molecule has 0 saturated carbocycles. The Morgan fingerprint density at radius 3 is 2.83 bits per heavy atom. The maximum Gasteiger partial charge on any atom is 0.412 e. The number of amides is 1. The van der Waals surface area contributed by atoms with E-state index in [1.165, 1.54) is 0 Å². The fourth-order valence-corrected chi connectivity index (χ4v) is 1.63. The first-order valence-electron chi connectivity index (χ1n) is 5.49. The highest BCUT2D eigenvalue weighted by molar-refractivity contribution is 6.29.